The van der Waals surface area contributed by atoms with Crippen LogP contribution in [0.1, 0.15) is 5.56 Å². The van der Waals surface area contributed by atoms with E-state index in [0.717, 1.165) is 18.2 Å². The van der Waals surface area contributed by atoms with E-state index in [2.05, 4.69) is 4.18 Å². The Morgan fingerprint density at radius 1 is 1.37 bits per heavy atom. The fraction of sp³-hybridized carbons (Fsp3) is 0.222. The number of hydrogen-bond acceptors (Lipinski definition) is 4. The summed E-state index contributed by atoms with van der Waals surface area (Å²) in [7, 11) is -5.78. The molecule has 106 valence electrons. The van der Waals surface area contributed by atoms with Gasteiger partial charge in [0.1, 0.15) is 5.75 Å². The normalized spacial score (nSPS) is 12.2. The Morgan fingerprint density at radius 2 is 1.95 bits per heavy atom. The van der Waals surface area contributed by atoms with Gasteiger partial charge in [0, 0.05) is 11.1 Å². The molecule has 0 amide bonds. The fourth-order valence-electron chi connectivity index (χ4n) is 1.06. The molecule has 19 heavy (non-hydrogen) atoms. The Balaban J connectivity index is 3.00. The number of hydrogen-bond donors (Lipinski definition) is 1. The zero-order valence-corrected chi connectivity index (χ0v) is 10.5. The van der Waals surface area contributed by atoms with Gasteiger partial charge in [-0.2, -0.15) is 21.6 Å². The van der Waals surface area contributed by atoms with E-state index in [1.165, 1.54) is 0 Å². The van der Waals surface area contributed by atoms with Crippen molar-refractivity contribution in [2.24, 2.45) is 0 Å². The molecular formula is C9H6ClF3O5S. The van der Waals surface area contributed by atoms with E-state index in [0.29, 0.717) is 0 Å². The lowest BCUT2D eigenvalue weighted by Crippen LogP contribution is -2.28. The van der Waals surface area contributed by atoms with Crippen LogP contribution < -0.4 is 4.18 Å². The SMILES string of the molecule is O=C(O)Cc1ccc(OS(=O)(=O)C(F)(F)F)cc1Cl. The Kier molecular flexibility index (Phi) is 4.31. The van der Waals surface area contributed by atoms with Gasteiger partial charge < -0.3 is 9.29 Å². The molecule has 10 heteroatoms. The van der Waals surface area contributed by atoms with E-state index in [-0.39, 0.29) is 10.6 Å². The third-order valence-electron chi connectivity index (χ3n) is 1.86. The number of carboxylic acid groups (broad SMARTS) is 1. The van der Waals surface area contributed by atoms with E-state index in [1.54, 1.807) is 0 Å². The smallest absolute Gasteiger partial charge is 0.481 e. The zero-order chi connectivity index (χ0) is 14.8. The van der Waals surface area contributed by atoms with Crippen LogP contribution in [-0.4, -0.2) is 25.0 Å². The largest absolute Gasteiger partial charge is 0.534 e. The lowest BCUT2D eigenvalue weighted by Gasteiger charge is -2.10. The van der Waals surface area contributed by atoms with Crippen LogP contribution in [0.3, 0.4) is 0 Å². The summed E-state index contributed by atoms with van der Waals surface area (Å²) >= 11 is 5.60. The summed E-state index contributed by atoms with van der Waals surface area (Å²) in [5.74, 6) is -1.85. The molecule has 1 rings (SSSR count). The first-order valence-corrected chi connectivity index (χ1v) is 6.32. The number of rotatable bonds is 4. The molecular weight excluding hydrogens is 313 g/mol. The predicted molar refractivity (Wildman–Crippen MR) is 58.4 cm³/mol. The lowest BCUT2D eigenvalue weighted by molar-refractivity contribution is -0.136. The average Bonchev–Trinajstić information content (AvgIpc) is 2.19. The van der Waals surface area contributed by atoms with E-state index in [9.17, 15) is 26.4 Å². The monoisotopic (exact) mass is 318 g/mol. The Hall–Kier alpha value is -1.48. The molecule has 1 aromatic rings. The van der Waals surface area contributed by atoms with Crippen LogP contribution in [0.5, 0.6) is 5.75 Å². The van der Waals surface area contributed by atoms with E-state index in [4.69, 9.17) is 16.7 Å². The molecule has 0 spiro atoms. The molecule has 0 saturated heterocycles. The van der Waals surface area contributed by atoms with Crippen molar-refractivity contribution < 1.29 is 35.7 Å². The van der Waals surface area contributed by atoms with Crippen molar-refractivity contribution in [2.75, 3.05) is 0 Å². The molecule has 0 fully saturated rings. The highest BCUT2D eigenvalue weighted by molar-refractivity contribution is 7.88. The topological polar surface area (TPSA) is 80.7 Å². The van der Waals surface area contributed by atoms with E-state index < -0.39 is 33.8 Å². The molecule has 0 atom stereocenters. The van der Waals surface area contributed by atoms with Crippen LogP contribution in [0, 0.1) is 0 Å². The maximum atomic E-state index is 12.0. The molecule has 0 unspecified atom stereocenters. The van der Waals surface area contributed by atoms with E-state index in [1.807, 2.05) is 0 Å². The number of aliphatic carboxylic acids is 1. The van der Waals surface area contributed by atoms with Gasteiger partial charge in [0.15, 0.2) is 0 Å². The van der Waals surface area contributed by atoms with Crippen LogP contribution in [0.2, 0.25) is 5.02 Å². The zero-order valence-electron chi connectivity index (χ0n) is 8.94. The minimum Gasteiger partial charge on any atom is -0.481 e. The van der Waals surface area contributed by atoms with Gasteiger partial charge in [-0.3, -0.25) is 4.79 Å². The second-order valence-electron chi connectivity index (χ2n) is 3.31. The highest BCUT2D eigenvalue weighted by atomic mass is 35.5. The van der Waals surface area contributed by atoms with Crippen molar-refractivity contribution in [3.05, 3.63) is 28.8 Å². The molecule has 0 bridgehead atoms. The maximum absolute atomic E-state index is 12.0. The second kappa shape index (κ2) is 5.25. The molecule has 0 aliphatic heterocycles. The van der Waals surface area contributed by atoms with E-state index >= 15 is 0 Å². The maximum Gasteiger partial charge on any atom is 0.534 e. The van der Waals surface area contributed by atoms with Gasteiger partial charge in [0.2, 0.25) is 0 Å². The molecule has 0 heterocycles. The summed E-state index contributed by atoms with van der Waals surface area (Å²) in [6.45, 7) is 0. The third-order valence-corrected chi connectivity index (χ3v) is 3.19. The van der Waals surface area contributed by atoms with Crippen LogP contribution >= 0.6 is 11.6 Å². The minimum absolute atomic E-state index is 0.117. The standard InChI is InChI=1S/C9H6ClF3O5S/c10-7-4-6(2-1-5(7)3-8(14)15)18-19(16,17)9(11,12)13/h1-2,4H,3H2,(H,14,15). The van der Waals surface area contributed by atoms with Crippen molar-refractivity contribution in [3.8, 4) is 5.75 Å². The summed E-state index contributed by atoms with van der Waals surface area (Å²) in [4.78, 5) is 10.4. The highest BCUT2D eigenvalue weighted by Gasteiger charge is 2.48. The summed E-state index contributed by atoms with van der Waals surface area (Å²) in [6, 6.07) is 2.74. The average molecular weight is 319 g/mol. The Bertz CT molecular complexity index is 596. The molecule has 0 aromatic heterocycles. The molecule has 0 aliphatic rings. The molecule has 1 aromatic carbocycles. The van der Waals surface area contributed by atoms with Crippen molar-refractivity contribution in [1.29, 1.82) is 0 Å². The Morgan fingerprint density at radius 3 is 2.37 bits per heavy atom. The Labute approximate surface area is 110 Å². The quantitative estimate of drug-likeness (QED) is 0.680. The van der Waals surface area contributed by atoms with Gasteiger partial charge >= 0.3 is 21.6 Å². The van der Waals surface area contributed by atoms with Crippen molar-refractivity contribution in [3.63, 3.8) is 0 Å². The summed E-state index contributed by atoms with van der Waals surface area (Å²) in [5, 5.41) is 8.31. The fourth-order valence-corrected chi connectivity index (χ4v) is 1.75. The highest BCUT2D eigenvalue weighted by Crippen LogP contribution is 2.29. The van der Waals surface area contributed by atoms with Gasteiger partial charge in [0.25, 0.3) is 0 Å². The number of carboxylic acids is 1. The third kappa shape index (κ3) is 4.00. The molecule has 0 aliphatic carbocycles. The van der Waals surface area contributed by atoms with Gasteiger partial charge in [-0.05, 0) is 11.6 Å². The van der Waals surface area contributed by atoms with Gasteiger partial charge in [-0.1, -0.05) is 17.7 Å². The minimum atomic E-state index is -5.78. The number of benzene rings is 1. The van der Waals surface area contributed by atoms with Crippen molar-refractivity contribution in [2.45, 2.75) is 11.9 Å². The van der Waals surface area contributed by atoms with Gasteiger partial charge in [-0.25, -0.2) is 0 Å². The molecule has 0 saturated carbocycles. The summed E-state index contributed by atoms with van der Waals surface area (Å²) in [5.41, 5.74) is -5.44. The molecule has 0 radical (unpaired) electrons. The van der Waals surface area contributed by atoms with Crippen LogP contribution in [-0.2, 0) is 21.3 Å². The van der Waals surface area contributed by atoms with Gasteiger partial charge in [0.05, 0.1) is 6.42 Å². The van der Waals surface area contributed by atoms with Gasteiger partial charge in [-0.15, -0.1) is 0 Å². The van der Waals surface area contributed by atoms with Crippen LogP contribution in [0.4, 0.5) is 13.2 Å². The van der Waals surface area contributed by atoms with Crippen LogP contribution in [0.25, 0.3) is 0 Å². The first-order valence-electron chi connectivity index (χ1n) is 4.54. The number of halogens is 4. The first kappa shape index (κ1) is 15.6. The van der Waals surface area contributed by atoms with Crippen molar-refractivity contribution in [1.82, 2.24) is 0 Å². The summed E-state index contributed by atoms with van der Waals surface area (Å²) in [6.07, 6.45) is -0.453. The predicted octanol–water partition coefficient (Wildman–Crippen LogP) is 2.20. The van der Waals surface area contributed by atoms with Crippen molar-refractivity contribution >= 4 is 27.7 Å². The van der Waals surface area contributed by atoms with Crippen LogP contribution in [0.15, 0.2) is 18.2 Å². The number of alkyl halides is 3. The second-order valence-corrected chi connectivity index (χ2v) is 5.25. The molecule has 5 nitrogen and oxygen atoms in total. The molecule has 1 N–H and O–H groups in total. The number of carbonyl (C=O) groups is 1. The summed E-state index contributed by atoms with van der Waals surface area (Å²) < 4.78 is 61.4. The first-order chi connectivity index (χ1) is 8.53. The lowest BCUT2D eigenvalue weighted by atomic mass is 10.1.